The van der Waals surface area contributed by atoms with Gasteiger partial charge in [-0.2, -0.15) is 14.7 Å². The zero-order valence-electron chi connectivity index (χ0n) is 60.2. The van der Waals surface area contributed by atoms with E-state index in [2.05, 4.69) is 39.5 Å². The first-order chi connectivity index (χ1) is 52.0. The molecule has 0 aromatic rings. The molecule has 0 aliphatic carbocycles. The van der Waals surface area contributed by atoms with Crippen LogP contribution in [0.1, 0.15) is 222 Å². The number of carboxylic acids is 8. The molecule has 44 heteroatoms. The molecule has 0 saturated carbocycles. The van der Waals surface area contributed by atoms with Crippen molar-refractivity contribution in [2.75, 3.05) is 145 Å². The summed E-state index contributed by atoms with van der Waals surface area (Å²) in [6.45, 7) is 5.74. The zero-order valence-corrected chi connectivity index (χ0v) is 60.2. The molecule has 0 saturated heterocycles. The van der Waals surface area contributed by atoms with Crippen LogP contribution < -0.4 is 0 Å². The molecule has 0 aromatic heterocycles. The Balaban J connectivity index is -0.000000272. The van der Waals surface area contributed by atoms with E-state index in [0.29, 0.717) is 0 Å². The second-order valence-corrected chi connectivity index (χ2v) is 21.1. The topological polar surface area (TPSA) is 620 Å². The van der Waals surface area contributed by atoms with Gasteiger partial charge < -0.3 is 107 Å². The first-order valence-electron chi connectivity index (χ1n) is 32.8. The van der Waals surface area contributed by atoms with Crippen LogP contribution in [0.15, 0.2) is 39.5 Å². The lowest BCUT2D eigenvalue weighted by Crippen LogP contribution is -2.48. The number of aliphatic carboxylic acids is 8. The van der Waals surface area contributed by atoms with E-state index < -0.39 is 347 Å². The number of carboxylic acid groups (broad SMARTS) is 8. The van der Waals surface area contributed by atoms with Gasteiger partial charge in [-0.25, -0.2) is 14.4 Å². The molecule has 0 aliphatic rings. The molecular formula is C81H164O44. The molecule has 44 nitrogen and oxygen atoms in total. The van der Waals surface area contributed by atoms with E-state index in [1.165, 1.54) is 0 Å². The van der Waals surface area contributed by atoms with Gasteiger partial charge in [0, 0.05) is 0 Å². The van der Waals surface area contributed by atoms with E-state index in [1.807, 2.05) is 0 Å². The minimum Gasteiger partial charge on any atom is -0.481 e. The molecule has 1 atom stereocenters. The van der Waals surface area contributed by atoms with E-state index in [4.69, 9.17) is 136 Å². The van der Waals surface area contributed by atoms with Gasteiger partial charge in [-0.15, -0.1) is 39.5 Å². The minimum atomic E-state index is -1.96. The lowest BCUT2D eigenvalue weighted by atomic mass is 9.91. The van der Waals surface area contributed by atoms with Crippen LogP contribution in [0.5, 0.6) is 0 Å². The molecule has 0 rings (SSSR count). The minimum absolute atomic E-state index is 0. The zero-order chi connectivity index (χ0) is 83.1. The molecule has 0 amide bonds. The van der Waals surface area contributed by atoms with Crippen molar-refractivity contribution in [2.24, 2.45) is 5.41 Å². The van der Waals surface area contributed by atoms with E-state index in [1.54, 1.807) is 0 Å². The predicted molar refractivity (Wildman–Crippen MR) is 463 cm³/mol. The quantitative estimate of drug-likeness (QED) is 0.00700. The van der Waals surface area contributed by atoms with Crippen molar-refractivity contribution in [1.82, 2.24) is 0 Å². The van der Waals surface area contributed by atoms with Gasteiger partial charge in [0.05, 0.1) is 201 Å². The van der Waals surface area contributed by atoms with E-state index >= 15 is 0 Å². The standard InChI is InChI=1S/C59H88O44.3C2H4.16CH4/c60-43(61)1-9-51(76)89-22-17-84-27-39(28-85-18-23-90-52(77)10-2-44(62)63)94-35-59(38-97-42(33-99-102-57(82)15-7-49(72)73)34-100-103-58(83)16-8-50(74)75,37-96-41(32-98-101-56(81)14-6-48(70)71)31-88-21-26-93-55(80)13-5-47(68)69)36-95-40(29-86-19-24-91-53(78)11-3-45(64)65)30-87-20-25-92-54(79)12-4-46(66)67;3*1-2;;;;;;;;;;;;;;;;/h39-42H,1-38H2,(H,60,61)(H,62,63)(H,64,65)(H,66,67)(H,68,69)(H,70,71)(H,72,73)(H,74,75);3*1-2H2;16*1H4. The van der Waals surface area contributed by atoms with E-state index in [9.17, 15) is 76.7 Å². The Bertz CT molecular complexity index is 2450. The highest BCUT2D eigenvalue weighted by Gasteiger charge is 2.38. The fourth-order valence-corrected chi connectivity index (χ4v) is 6.84. The van der Waals surface area contributed by atoms with Crippen LogP contribution in [-0.2, 0) is 172 Å². The van der Waals surface area contributed by atoms with E-state index in [-0.39, 0.29) is 145 Å². The van der Waals surface area contributed by atoms with Gasteiger partial charge in [-0.05, 0) is 0 Å². The predicted octanol–water partition coefficient (Wildman–Crippen LogP) is 11.2. The molecule has 752 valence electrons. The van der Waals surface area contributed by atoms with Gasteiger partial charge in [0.2, 0.25) is 0 Å². The molecule has 1 unspecified atom stereocenters. The third-order valence-electron chi connectivity index (χ3n) is 12.0. The monoisotopic (exact) mass is 1840 g/mol. The maximum atomic E-state index is 12.5. The van der Waals surface area contributed by atoms with Crippen molar-refractivity contribution < 1.29 is 213 Å². The lowest BCUT2D eigenvalue weighted by molar-refractivity contribution is -0.312. The highest BCUT2D eigenvalue weighted by atomic mass is 17.2. The normalized spacial score (nSPS) is 9.56. The largest absolute Gasteiger partial charge is 0.481 e. The summed E-state index contributed by atoms with van der Waals surface area (Å²) in [5.74, 6) is -18.8. The summed E-state index contributed by atoms with van der Waals surface area (Å²) in [5, 5.41) is 72.3. The number of hydrogen-bond acceptors (Lipinski definition) is 36. The van der Waals surface area contributed by atoms with Gasteiger partial charge in [0.25, 0.3) is 0 Å². The van der Waals surface area contributed by atoms with Gasteiger partial charge in [0.15, 0.2) is 0 Å². The molecule has 125 heavy (non-hydrogen) atoms. The maximum Gasteiger partial charge on any atom is 0.342 e. The molecule has 0 aromatic carbocycles. The van der Waals surface area contributed by atoms with Gasteiger partial charge >= 0.3 is 95.5 Å². The van der Waals surface area contributed by atoms with Gasteiger partial charge in [-0.1, -0.05) is 119 Å². The van der Waals surface area contributed by atoms with Gasteiger partial charge in [-0.3, -0.25) is 77.0 Å². The fourth-order valence-electron chi connectivity index (χ4n) is 6.84. The Morgan fingerprint density at radius 2 is 0.336 bits per heavy atom. The lowest BCUT2D eigenvalue weighted by Gasteiger charge is -2.37. The van der Waals surface area contributed by atoms with Crippen molar-refractivity contribution in [3.8, 4) is 0 Å². The third kappa shape index (κ3) is 114. The molecule has 0 radical (unpaired) electrons. The van der Waals surface area contributed by atoms with Crippen LogP contribution in [0.4, 0.5) is 0 Å². The second kappa shape index (κ2) is 112. The molecule has 8 N–H and O–H groups in total. The number of carbonyl (C=O) groups excluding carboxylic acids is 8. The Kier molecular flexibility index (Phi) is 149. The van der Waals surface area contributed by atoms with Crippen molar-refractivity contribution >= 4 is 95.5 Å². The fraction of sp³-hybridized carbons (Fsp3) is 0.728. The molecule has 0 spiro atoms. The Morgan fingerprint density at radius 1 is 0.200 bits per heavy atom. The second-order valence-electron chi connectivity index (χ2n) is 21.1. The summed E-state index contributed by atoms with van der Waals surface area (Å²) < 4.78 is 79.4. The smallest absolute Gasteiger partial charge is 0.342 e. The Hall–Kier alpha value is -9.74. The number of ether oxygens (including phenoxy) is 14. The summed E-state index contributed by atoms with van der Waals surface area (Å²) in [7, 11) is 0. The van der Waals surface area contributed by atoms with Gasteiger partial charge in [0.1, 0.15) is 77.3 Å². The molecule has 0 heterocycles. The van der Waals surface area contributed by atoms with E-state index in [0.717, 1.165) is 0 Å². The number of hydrogen-bond donors (Lipinski definition) is 8. The SMILES string of the molecule is C.C.C.C.C.C.C.C.C.C.C.C.C.C.C.C.C=C.C=C.C=C.O=C(O)CCC(=O)OCCOCC(COCCOC(=O)CCC(=O)O)OCC(COC(COCCOC(=O)CCC(=O)O)COCCOC(=O)CCC(=O)O)(COC(COCCOC(=O)CCC(=O)O)COOC(=O)CCC(=O)O)COC(COOC(=O)CCC(=O)O)COOC(=O)CCC(=O)O. The maximum absolute atomic E-state index is 12.5. The van der Waals surface area contributed by atoms with Crippen LogP contribution in [0.25, 0.3) is 0 Å². The van der Waals surface area contributed by atoms with Crippen LogP contribution in [0, 0.1) is 5.41 Å². The van der Waals surface area contributed by atoms with Crippen LogP contribution >= 0.6 is 0 Å². The summed E-state index contributed by atoms with van der Waals surface area (Å²) in [6, 6.07) is 0. The molecule has 0 aliphatic heterocycles. The van der Waals surface area contributed by atoms with Crippen molar-refractivity contribution in [3.05, 3.63) is 39.5 Å². The van der Waals surface area contributed by atoms with Crippen molar-refractivity contribution in [1.29, 1.82) is 0 Å². The molecule has 0 fully saturated rings. The van der Waals surface area contributed by atoms with Crippen LogP contribution in [-0.4, -0.2) is 306 Å². The average molecular weight is 1840 g/mol. The van der Waals surface area contributed by atoms with Crippen LogP contribution in [0.3, 0.4) is 0 Å². The van der Waals surface area contributed by atoms with Crippen LogP contribution in [0.2, 0.25) is 0 Å². The highest BCUT2D eigenvalue weighted by Crippen LogP contribution is 2.25. The summed E-state index contributed by atoms with van der Waals surface area (Å²) in [5.41, 5.74) is -1.96. The number of esters is 5. The summed E-state index contributed by atoms with van der Waals surface area (Å²) in [6.07, 6.45) is -15.2. The first-order valence-corrected chi connectivity index (χ1v) is 32.8. The molecule has 0 bridgehead atoms. The van der Waals surface area contributed by atoms with Crippen molar-refractivity contribution in [2.45, 2.75) is 246 Å². The Morgan fingerprint density at radius 3 is 0.488 bits per heavy atom. The average Bonchev–Trinajstić information content (AvgIpc) is 0.844. The first kappa shape index (κ1) is 166. The molecular weight excluding hydrogens is 1680 g/mol. The highest BCUT2D eigenvalue weighted by molar-refractivity contribution is 5.80. The Labute approximate surface area is 742 Å². The number of carbonyl (C=O) groups is 16. The summed E-state index contributed by atoms with van der Waals surface area (Å²) >= 11 is 0. The number of rotatable bonds is 70. The van der Waals surface area contributed by atoms with Crippen molar-refractivity contribution in [3.63, 3.8) is 0 Å². The third-order valence-corrected chi connectivity index (χ3v) is 12.0. The summed E-state index contributed by atoms with van der Waals surface area (Å²) in [4.78, 5) is 217.